The van der Waals surface area contributed by atoms with Crippen LogP contribution < -0.4 is 0 Å². The Labute approximate surface area is 335 Å². The number of hydrogen-bond donors (Lipinski definition) is 0. The molecule has 0 atom stereocenters. The molecule has 57 heavy (non-hydrogen) atoms. The van der Waals surface area contributed by atoms with E-state index in [1.54, 1.807) is 11.3 Å². The fourth-order valence-corrected chi connectivity index (χ4v) is 8.10. The zero-order valence-corrected chi connectivity index (χ0v) is 31.6. The maximum atomic E-state index is 5.14. The van der Waals surface area contributed by atoms with Gasteiger partial charge in [-0.15, -0.1) is 11.3 Å². The van der Waals surface area contributed by atoms with Gasteiger partial charge in [-0.1, -0.05) is 182 Å². The molecular weight excluding hydrogens is 713 g/mol. The van der Waals surface area contributed by atoms with Crippen molar-refractivity contribution in [2.75, 3.05) is 0 Å². The van der Waals surface area contributed by atoms with Gasteiger partial charge in [-0.25, -0.2) is 19.9 Å². The second kappa shape index (κ2) is 15.1. The van der Waals surface area contributed by atoms with Crippen molar-refractivity contribution >= 4 is 21.6 Å². The van der Waals surface area contributed by atoms with Crippen molar-refractivity contribution < 1.29 is 0 Å². The summed E-state index contributed by atoms with van der Waals surface area (Å²) in [4.78, 5) is 20.3. The Morgan fingerprint density at radius 2 is 0.596 bits per heavy atom. The number of rotatable bonds is 8. The summed E-state index contributed by atoms with van der Waals surface area (Å²) in [6.07, 6.45) is 0. The molecule has 0 aliphatic heterocycles. The van der Waals surface area contributed by atoms with Gasteiger partial charge in [0, 0.05) is 22.3 Å². The van der Waals surface area contributed by atoms with Gasteiger partial charge in [0.2, 0.25) is 0 Å². The van der Waals surface area contributed by atoms with Gasteiger partial charge in [-0.3, -0.25) is 0 Å². The zero-order valence-electron chi connectivity index (χ0n) is 30.8. The summed E-state index contributed by atoms with van der Waals surface area (Å²) in [6, 6.07) is 71.8. The summed E-state index contributed by atoms with van der Waals surface area (Å²) in [5, 5.41) is 0.971. The van der Waals surface area contributed by atoms with Crippen LogP contribution in [0.3, 0.4) is 0 Å². The van der Waals surface area contributed by atoms with E-state index in [1.807, 2.05) is 18.2 Å². The molecule has 0 N–H and O–H groups in total. The predicted octanol–water partition coefficient (Wildman–Crippen LogP) is 13.8. The lowest BCUT2D eigenvalue weighted by atomic mass is 9.99. The van der Waals surface area contributed by atoms with Crippen LogP contribution in [-0.4, -0.2) is 19.9 Å². The first-order chi connectivity index (χ1) is 28.2. The van der Waals surface area contributed by atoms with Crippen LogP contribution in [0.15, 0.2) is 206 Å². The molecule has 0 amide bonds. The molecule has 0 bridgehead atoms. The highest BCUT2D eigenvalue weighted by Crippen LogP contribution is 2.36. The minimum Gasteiger partial charge on any atom is -0.236 e. The van der Waals surface area contributed by atoms with Gasteiger partial charge >= 0.3 is 0 Å². The lowest BCUT2D eigenvalue weighted by Gasteiger charge is -2.10. The van der Waals surface area contributed by atoms with Crippen molar-refractivity contribution in [1.29, 1.82) is 0 Å². The summed E-state index contributed by atoms with van der Waals surface area (Å²) in [5.74, 6) is 1.84. The monoisotopic (exact) mass is 746 g/mol. The molecule has 0 unspecified atom stereocenters. The molecule has 8 aromatic carbocycles. The third-order valence-electron chi connectivity index (χ3n) is 10.2. The van der Waals surface area contributed by atoms with E-state index in [2.05, 4.69) is 188 Å². The normalized spacial score (nSPS) is 11.2. The smallest absolute Gasteiger partial charge is 0.164 e. The maximum Gasteiger partial charge on any atom is 0.164 e. The first-order valence-electron chi connectivity index (χ1n) is 19.0. The molecule has 0 saturated carbocycles. The summed E-state index contributed by atoms with van der Waals surface area (Å²) in [7, 11) is 0. The van der Waals surface area contributed by atoms with Crippen LogP contribution in [0.25, 0.3) is 99.5 Å². The number of benzene rings is 8. The van der Waals surface area contributed by atoms with Crippen LogP contribution in [0.4, 0.5) is 0 Å². The third kappa shape index (κ3) is 7.16. The Balaban J connectivity index is 0.995. The van der Waals surface area contributed by atoms with Crippen molar-refractivity contribution in [3.8, 4) is 89.2 Å². The van der Waals surface area contributed by atoms with Gasteiger partial charge in [0.05, 0.1) is 10.2 Å². The third-order valence-corrected chi connectivity index (χ3v) is 11.3. The van der Waals surface area contributed by atoms with Crippen LogP contribution in [0.5, 0.6) is 0 Å². The molecule has 4 nitrogen and oxygen atoms in total. The summed E-state index contributed by atoms with van der Waals surface area (Å²) >= 11 is 1.69. The number of thiazole rings is 1. The molecule has 0 fully saturated rings. The van der Waals surface area contributed by atoms with Crippen LogP contribution in [0, 0.1) is 0 Å². The van der Waals surface area contributed by atoms with Crippen molar-refractivity contribution in [1.82, 2.24) is 19.9 Å². The van der Waals surface area contributed by atoms with Gasteiger partial charge in [-0.05, 0) is 68.8 Å². The van der Waals surface area contributed by atoms with Gasteiger partial charge < -0.3 is 0 Å². The fourth-order valence-electron chi connectivity index (χ4n) is 7.16. The van der Waals surface area contributed by atoms with Gasteiger partial charge in [-0.2, -0.15) is 0 Å². The SMILES string of the molecule is c1ccc(-c2ccc(-c3cccc(-c4nc5cc(-c6nc(-c7ccc(-c8ccccc8)cc7)nc(-c7ccc(-c8ccccc8)cc7)n6)ccc5s4)c3)cc2)cc1. The van der Waals surface area contributed by atoms with E-state index in [-0.39, 0.29) is 0 Å². The Hall–Kier alpha value is -7.34. The van der Waals surface area contributed by atoms with Crippen molar-refractivity contribution in [3.05, 3.63) is 206 Å². The molecule has 2 heterocycles. The van der Waals surface area contributed by atoms with Crippen LogP contribution in [0.1, 0.15) is 0 Å². The van der Waals surface area contributed by atoms with Crippen molar-refractivity contribution in [2.45, 2.75) is 0 Å². The number of hydrogen-bond acceptors (Lipinski definition) is 5. The molecule has 10 aromatic rings. The molecule has 2 aromatic heterocycles. The average Bonchev–Trinajstić information content (AvgIpc) is 3.74. The Kier molecular flexibility index (Phi) is 9.03. The minimum absolute atomic E-state index is 0.603. The highest BCUT2D eigenvalue weighted by atomic mass is 32.1. The van der Waals surface area contributed by atoms with Crippen molar-refractivity contribution in [3.63, 3.8) is 0 Å². The molecule has 0 aliphatic carbocycles. The van der Waals surface area contributed by atoms with E-state index in [9.17, 15) is 0 Å². The lowest BCUT2D eigenvalue weighted by Crippen LogP contribution is -2.00. The van der Waals surface area contributed by atoms with Gasteiger partial charge in [0.25, 0.3) is 0 Å². The van der Waals surface area contributed by atoms with Gasteiger partial charge in [0.15, 0.2) is 17.5 Å². The van der Waals surface area contributed by atoms with E-state index in [4.69, 9.17) is 19.9 Å². The number of fused-ring (bicyclic) bond motifs is 1. The van der Waals surface area contributed by atoms with Gasteiger partial charge in [0.1, 0.15) is 5.01 Å². The van der Waals surface area contributed by atoms with Crippen LogP contribution in [-0.2, 0) is 0 Å². The lowest BCUT2D eigenvalue weighted by molar-refractivity contribution is 1.07. The van der Waals surface area contributed by atoms with E-state index in [1.165, 1.54) is 27.8 Å². The molecule has 0 spiro atoms. The highest BCUT2D eigenvalue weighted by molar-refractivity contribution is 7.21. The van der Waals surface area contributed by atoms with E-state index >= 15 is 0 Å². The molecule has 268 valence electrons. The standard InChI is InChI=1S/C52H34N4S/c1-4-11-35(12-5-1)38-19-21-41(22-20-38)44-17-10-18-46(33-44)52-53-47-34-45(31-32-48(47)57-52)51-55-49(42-27-23-39(24-28-42)36-13-6-2-7-14-36)54-50(56-51)43-29-25-40(26-30-43)37-15-8-3-9-16-37/h1-34H. The first-order valence-corrected chi connectivity index (χ1v) is 19.8. The quantitative estimate of drug-likeness (QED) is 0.155. The average molecular weight is 747 g/mol. The Morgan fingerprint density at radius 3 is 1.07 bits per heavy atom. The Bertz CT molecular complexity index is 2860. The Morgan fingerprint density at radius 1 is 0.246 bits per heavy atom. The molecule has 0 saturated heterocycles. The highest BCUT2D eigenvalue weighted by Gasteiger charge is 2.15. The number of nitrogens with zero attached hydrogens (tertiary/aromatic N) is 4. The molecule has 5 heteroatoms. The number of aromatic nitrogens is 4. The van der Waals surface area contributed by atoms with Crippen LogP contribution in [0.2, 0.25) is 0 Å². The topological polar surface area (TPSA) is 51.6 Å². The van der Waals surface area contributed by atoms with Crippen molar-refractivity contribution in [2.24, 2.45) is 0 Å². The van der Waals surface area contributed by atoms with E-state index < -0.39 is 0 Å². The molecule has 0 aliphatic rings. The fraction of sp³-hybridized carbons (Fsp3) is 0. The van der Waals surface area contributed by atoms with E-state index in [0.29, 0.717) is 17.5 Å². The summed E-state index contributed by atoms with van der Waals surface area (Å²) in [5.41, 5.74) is 14.1. The predicted molar refractivity (Wildman–Crippen MR) is 236 cm³/mol. The second-order valence-electron chi connectivity index (χ2n) is 13.9. The molecule has 10 rings (SSSR count). The van der Waals surface area contributed by atoms with E-state index in [0.717, 1.165) is 54.2 Å². The maximum absolute atomic E-state index is 5.14. The van der Waals surface area contributed by atoms with Crippen LogP contribution >= 0.6 is 11.3 Å². The second-order valence-corrected chi connectivity index (χ2v) is 14.9. The first kappa shape index (κ1) is 34.2. The largest absolute Gasteiger partial charge is 0.236 e. The summed E-state index contributed by atoms with van der Waals surface area (Å²) < 4.78 is 1.11. The molecular formula is C52H34N4S. The molecule has 0 radical (unpaired) electrons. The minimum atomic E-state index is 0.603. The zero-order chi connectivity index (χ0) is 38.0. The summed E-state index contributed by atoms with van der Waals surface area (Å²) in [6.45, 7) is 0.